The van der Waals surface area contributed by atoms with Crippen molar-refractivity contribution in [2.45, 2.75) is 13.8 Å². The van der Waals surface area contributed by atoms with Crippen LogP contribution in [0.2, 0.25) is 0 Å². The van der Waals surface area contributed by atoms with Crippen LogP contribution >= 0.6 is 0 Å². The van der Waals surface area contributed by atoms with E-state index in [0.29, 0.717) is 18.9 Å². The molecule has 5 nitrogen and oxygen atoms in total. The van der Waals surface area contributed by atoms with E-state index < -0.39 is 0 Å². The summed E-state index contributed by atoms with van der Waals surface area (Å²) in [5.74, 6) is 1.28. The van der Waals surface area contributed by atoms with Crippen LogP contribution in [0.1, 0.15) is 11.1 Å². The lowest BCUT2D eigenvalue weighted by molar-refractivity contribution is -0.120. The molecule has 4 aromatic rings. The van der Waals surface area contributed by atoms with Crippen molar-refractivity contribution in [3.05, 3.63) is 83.9 Å². The van der Waals surface area contributed by atoms with Gasteiger partial charge in [0.25, 0.3) is 5.91 Å². The third-order valence-electron chi connectivity index (χ3n) is 5.66. The quantitative estimate of drug-likeness (QED) is 0.445. The molecule has 0 fully saturated rings. The van der Waals surface area contributed by atoms with Crippen LogP contribution in [-0.4, -0.2) is 30.6 Å². The predicted molar refractivity (Wildman–Crippen MR) is 126 cm³/mol. The van der Waals surface area contributed by atoms with E-state index in [1.165, 1.54) is 5.56 Å². The van der Waals surface area contributed by atoms with E-state index in [4.69, 9.17) is 14.5 Å². The molecule has 0 radical (unpaired) electrons. The van der Waals surface area contributed by atoms with Gasteiger partial charge in [-0.1, -0.05) is 48.0 Å². The summed E-state index contributed by atoms with van der Waals surface area (Å²) < 4.78 is 11.8. The number of anilines is 1. The van der Waals surface area contributed by atoms with E-state index in [-0.39, 0.29) is 12.5 Å². The van der Waals surface area contributed by atoms with Gasteiger partial charge in [-0.05, 0) is 43.7 Å². The van der Waals surface area contributed by atoms with Gasteiger partial charge in [-0.15, -0.1) is 0 Å². The number of hydrogen-bond acceptors (Lipinski definition) is 4. The maximum atomic E-state index is 13.1. The molecule has 32 heavy (non-hydrogen) atoms. The lowest BCUT2D eigenvalue weighted by atomic mass is 10.1. The molecule has 1 aliphatic heterocycles. The molecule has 1 amide bonds. The van der Waals surface area contributed by atoms with Crippen molar-refractivity contribution in [3.8, 4) is 22.8 Å². The second kappa shape index (κ2) is 8.35. The van der Waals surface area contributed by atoms with Crippen molar-refractivity contribution in [3.63, 3.8) is 0 Å². The van der Waals surface area contributed by atoms with Gasteiger partial charge in [0.2, 0.25) is 0 Å². The van der Waals surface area contributed by atoms with Crippen molar-refractivity contribution < 1.29 is 14.3 Å². The Labute approximate surface area is 187 Å². The van der Waals surface area contributed by atoms with Gasteiger partial charge >= 0.3 is 0 Å². The highest BCUT2D eigenvalue weighted by molar-refractivity contribution is 5.97. The highest BCUT2D eigenvalue weighted by Gasteiger charge is 2.24. The number of carbonyl (C=O) groups is 1. The second-order valence-corrected chi connectivity index (χ2v) is 8.04. The molecule has 0 saturated carbocycles. The van der Waals surface area contributed by atoms with Gasteiger partial charge in [-0.2, -0.15) is 0 Å². The third kappa shape index (κ3) is 3.89. The SMILES string of the molecule is Cc1ccc(-c2cc(OCC(=O)N3CCOc4ccc(C)cc43)c3ccccc3n2)cc1. The minimum Gasteiger partial charge on any atom is -0.490 e. The smallest absolute Gasteiger partial charge is 0.265 e. The lowest BCUT2D eigenvalue weighted by Crippen LogP contribution is -2.40. The first-order valence-corrected chi connectivity index (χ1v) is 10.7. The molecule has 0 atom stereocenters. The number of ether oxygens (including phenoxy) is 2. The van der Waals surface area contributed by atoms with Gasteiger partial charge < -0.3 is 14.4 Å². The Morgan fingerprint density at radius 3 is 2.62 bits per heavy atom. The topological polar surface area (TPSA) is 51.7 Å². The van der Waals surface area contributed by atoms with Crippen LogP contribution in [0.15, 0.2) is 72.8 Å². The van der Waals surface area contributed by atoms with Gasteiger partial charge in [0, 0.05) is 17.0 Å². The molecule has 5 rings (SSSR count). The summed E-state index contributed by atoms with van der Waals surface area (Å²) in [6.45, 7) is 4.98. The molecule has 1 aliphatic rings. The summed E-state index contributed by atoms with van der Waals surface area (Å²) in [6, 6.07) is 23.8. The average Bonchev–Trinajstić information content (AvgIpc) is 2.82. The van der Waals surface area contributed by atoms with Gasteiger partial charge in [0.05, 0.1) is 23.4 Å². The van der Waals surface area contributed by atoms with Crippen molar-refractivity contribution in [1.82, 2.24) is 4.98 Å². The van der Waals surface area contributed by atoms with Crippen molar-refractivity contribution in [1.29, 1.82) is 0 Å². The zero-order chi connectivity index (χ0) is 22.1. The number of rotatable bonds is 4. The molecule has 5 heteroatoms. The van der Waals surface area contributed by atoms with Gasteiger partial charge in [-0.25, -0.2) is 4.98 Å². The first-order valence-electron chi connectivity index (χ1n) is 10.7. The highest BCUT2D eigenvalue weighted by atomic mass is 16.5. The summed E-state index contributed by atoms with van der Waals surface area (Å²) in [5.41, 5.74) is 5.73. The number of benzene rings is 3. The van der Waals surface area contributed by atoms with Crippen LogP contribution in [0.5, 0.6) is 11.5 Å². The predicted octanol–water partition coefficient (Wildman–Crippen LogP) is 5.32. The minimum absolute atomic E-state index is 0.0608. The number of fused-ring (bicyclic) bond motifs is 2. The Morgan fingerprint density at radius 1 is 1.00 bits per heavy atom. The Balaban J connectivity index is 1.44. The monoisotopic (exact) mass is 424 g/mol. The Kier molecular flexibility index (Phi) is 5.23. The van der Waals surface area contributed by atoms with Crippen molar-refractivity contribution in [2.75, 3.05) is 24.7 Å². The molecule has 160 valence electrons. The summed E-state index contributed by atoms with van der Waals surface area (Å²) in [5, 5.41) is 0.884. The maximum absolute atomic E-state index is 13.1. The first-order chi connectivity index (χ1) is 15.6. The molecular weight excluding hydrogens is 400 g/mol. The zero-order valence-electron chi connectivity index (χ0n) is 18.2. The van der Waals surface area contributed by atoms with Gasteiger partial charge in [0.15, 0.2) is 6.61 Å². The molecule has 0 saturated heterocycles. The number of carbonyl (C=O) groups excluding carboxylic acids is 1. The fourth-order valence-electron chi connectivity index (χ4n) is 3.94. The standard InChI is InChI=1S/C27H24N2O3/c1-18-7-10-20(11-8-18)23-16-26(21-5-3-4-6-22(21)28-23)32-17-27(30)29-13-14-31-25-12-9-19(2)15-24(25)29/h3-12,15-16H,13-14,17H2,1-2H3. The number of pyridine rings is 1. The van der Waals surface area contributed by atoms with Crippen molar-refractivity contribution >= 4 is 22.5 Å². The van der Waals surface area contributed by atoms with Gasteiger partial charge in [-0.3, -0.25) is 4.79 Å². The van der Waals surface area contributed by atoms with Crippen LogP contribution < -0.4 is 14.4 Å². The summed E-state index contributed by atoms with van der Waals surface area (Å²) >= 11 is 0. The van der Waals surface area contributed by atoms with E-state index in [1.807, 2.05) is 67.6 Å². The summed E-state index contributed by atoms with van der Waals surface area (Å²) in [7, 11) is 0. The van der Waals surface area contributed by atoms with E-state index in [1.54, 1.807) is 4.90 Å². The van der Waals surface area contributed by atoms with E-state index in [2.05, 4.69) is 19.1 Å². The number of aryl methyl sites for hydroxylation is 2. The molecule has 1 aromatic heterocycles. The lowest BCUT2D eigenvalue weighted by Gasteiger charge is -2.29. The maximum Gasteiger partial charge on any atom is 0.265 e. The van der Waals surface area contributed by atoms with Gasteiger partial charge in [0.1, 0.15) is 18.1 Å². The molecule has 0 spiro atoms. The highest BCUT2D eigenvalue weighted by Crippen LogP contribution is 2.33. The molecule has 3 aromatic carbocycles. The molecule has 0 N–H and O–H groups in total. The van der Waals surface area contributed by atoms with Crippen LogP contribution in [0, 0.1) is 13.8 Å². The normalized spacial score (nSPS) is 12.9. The number of aromatic nitrogens is 1. The molecule has 0 unspecified atom stereocenters. The number of hydrogen-bond donors (Lipinski definition) is 0. The van der Waals surface area contributed by atoms with E-state index in [0.717, 1.165) is 39.2 Å². The fraction of sp³-hybridized carbons (Fsp3) is 0.185. The Hall–Kier alpha value is -3.86. The summed E-state index contributed by atoms with van der Waals surface area (Å²) in [4.78, 5) is 19.7. The van der Waals surface area contributed by atoms with Crippen LogP contribution in [0.3, 0.4) is 0 Å². The second-order valence-electron chi connectivity index (χ2n) is 8.04. The average molecular weight is 425 g/mol. The van der Waals surface area contributed by atoms with E-state index in [9.17, 15) is 4.79 Å². The fourth-order valence-corrected chi connectivity index (χ4v) is 3.94. The molecular formula is C27H24N2O3. The molecule has 0 aliphatic carbocycles. The van der Waals surface area contributed by atoms with E-state index >= 15 is 0 Å². The zero-order valence-corrected chi connectivity index (χ0v) is 18.2. The third-order valence-corrected chi connectivity index (χ3v) is 5.66. The molecule has 0 bridgehead atoms. The largest absolute Gasteiger partial charge is 0.490 e. The Morgan fingerprint density at radius 2 is 1.78 bits per heavy atom. The number of amides is 1. The van der Waals surface area contributed by atoms with Crippen LogP contribution in [-0.2, 0) is 4.79 Å². The number of para-hydroxylation sites is 1. The molecule has 2 heterocycles. The first kappa shape index (κ1) is 20.1. The minimum atomic E-state index is -0.0991. The van der Waals surface area contributed by atoms with Crippen LogP contribution in [0.4, 0.5) is 5.69 Å². The van der Waals surface area contributed by atoms with Crippen molar-refractivity contribution in [2.24, 2.45) is 0 Å². The Bertz CT molecular complexity index is 1300. The van der Waals surface area contributed by atoms with Crippen LogP contribution in [0.25, 0.3) is 22.2 Å². The number of nitrogens with zero attached hydrogens (tertiary/aromatic N) is 2. The summed E-state index contributed by atoms with van der Waals surface area (Å²) in [6.07, 6.45) is 0.